The summed E-state index contributed by atoms with van der Waals surface area (Å²) in [6.45, 7) is 6.06. The van der Waals surface area contributed by atoms with Crippen LogP contribution in [0.5, 0.6) is 0 Å². The minimum absolute atomic E-state index is 0.0432. The number of furan rings is 1. The molecule has 1 saturated heterocycles. The number of piperidine rings is 1. The Labute approximate surface area is 143 Å². The van der Waals surface area contributed by atoms with Gasteiger partial charge in [0.25, 0.3) is 0 Å². The molecule has 1 N–H and O–H groups in total. The molecule has 1 fully saturated rings. The summed E-state index contributed by atoms with van der Waals surface area (Å²) < 4.78 is 5.83. The highest BCUT2D eigenvalue weighted by Crippen LogP contribution is 2.34. The first-order chi connectivity index (χ1) is 11.6. The maximum Gasteiger partial charge on any atom is 0.234 e. The molecular weight excluding hydrogens is 302 g/mol. The highest BCUT2D eigenvalue weighted by atomic mass is 16.3. The van der Waals surface area contributed by atoms with Crippen molar-refractivity contribution >= 4 is 5.91 Å². The molecule has 1 amide bonds. The van der Waals surface area contributed by atoms with Gasteiger partial charge in [-0.2, -0.15) is 0 Å². The van der Waals surface area contributed by atoms with Crippen molar-refractivity contribution in [3.8, 4) is 0 Å². The van der Waals surface area contributed by atoms with Crippen molar-refractivity contribution in [3.05, 3.63) is 53.7 Å². The Morgan fingerprint density at radius 1 is 1.42 bits per heavy atom. The molecule has 5 nitrogen and oxygen atoms in total. The topological polar surface area (TPSA) is 58.4 Å². The molecule has 1 aliphatic rings. The van der Waals surface area contributed by atoms with E-state index >= 15 is 0 Å². The number of amides is 1. The van der Waals surface area contributed by atoms with Gasteiger partial charge in [0.1, 0.15) is 11.5 Å². The summed E-state index contributed by atoms with van der Waals surface area (Å²) in [5.74, 6) is 2.58. The van der Waals surface area contributed by atoms with Gasteiger partial charge in [-0.1, -0.05) is 13.0 Å². The number of aromatic nitrogens is 1. The number of likely N-dealkylation sites (tertiary alicyclic amines) is 1. The van der Waals surface area contributed by atoms with Crippen molar-refractivity contribution in [2.75, 3.05) is 13.1 Å². The maximum absolute atomic E-state index is 12.3. The maximum atomic E-state index is 12.3. The largest absolute Gasteiger partial charge is 0.465 e. The lowest BCUT2D eigenvalue weighted by Crippen LogP contribution is -2.42. The molecule has 128 valence electrons. The molecule has 0 aromatic carbocycles. The van der Waals surface area contributed by atoms with Crippen LogP contribution in [0.1, 0.15) is 42.9 Å². The zero-order valence-electron chi connectivity index (χ0n) is 14.4. The van der Waals surface area contributed by atoms with Crippen molar-refractivity contribution in [1.82, 2.24) is 15.2 Å². The highest BCUT2D eigenvalue weighted by molar-refractivity contribution is 5.78. The molecule has 24 heavy (non-hydrogen) atoms. The lowest BCUT2D eigenvalue weighted by atomic mass is 9.91. The second-order valence-electron chi connectivity index (χ2n) is 6.70. The van der Waals surface area contributed by atoms with Gasteiger partial charge in [0.2, 0.25) is 5.91 Å². The van der Waals surface area contributed by atoms with Crippen LogP contribution < -0.4 is 5.32 Å². The SMILES string of the molecule is Cc1ccc(C2CC(C)CCN2CC(=O)NCc2cccnc2)o1. The van der Waals surface area contributed by atoms with Crippen molar-refractivity contribution in [2.45, 2.75) is 39.3 Å². The van der Waals surface area contributed by atoms with E-state index in [0.717, 1.165) is 36.5 Å². The Balaban J connectivity index is 1.60. The molecule has 2 atom stereocenters. The molecule has 5 heteroatoms. The van der Waals surface area contributed by atoms with Crippen LogP contribution in [-0.4, -0.2) is 28.9 Å². The number of rotatable bonds is 5. The van der Waals surface area contributed by atoms with Gasteiger partial charge in [0.05, 0.1) is 12.6 Å². The summed E-state index contributed by atoms with van der Waals surface area (Å²) in [5.41, 5.74) is 1.01. The van der Waals surface area contributed by atoms with Crippen LogP contribution in [0, 0.1) is 12.8 Å². The fraction of sp³-hybridized carbons (Fsp3) is 0.474. The number of aryl methyl sites for hydroxylation is 1. The molecular formula is C19H25N3O2. The minimum atomic E-state index is 0.0432. The molecule has 0 saturated carbocycles. The molecule has 1 aliphatic heterocycles. The number of hydrogen-bond acceptors (Lipinski definition) is 4. The number of hydrogen-bond donors (Lipinski definition) is 1. The quantitative estimate of drug-likeness (QED) is 0.917. The first-order valence-corrected chi connectivity index (χ1v) is 8.58. The van der Waals surface area contributed by atoms with Crippen LogP contribution in [0.3, 0.4) is 0 Å². The van der Waals surface area contributed by atoms with E-state index in [1.54, 1.807) is 12.4 Å². The van der Waals surface area contributed by atoms with Gasteiger partial charge < -0.3 is 9.73 Å². The smallest absolute Gasteiger partial charge is 0.234 e. The zero-order chi connectivity index (χ0) is 16.9. The molecule has 2 aromatic rings. The number of nitrogens with zero attached hydrogens (tertiary/aromatic N) is 2. The Morgan fingerprint density at radius 2 is 2.29 bits per heavy atom. The van der Waals surface area contributed by atoms with Gasteiger partial charge >= 0.3 is 0 Å². The zero-order valence-corrected chi connectivity index (χ0v) is 14.4. The van der Waals surface area contributed by atoms with Crippen LogP contribution in [0.15, 0.2) is 41.1 Å². The lowest BCUT2D eigenvalue weighted by Gasteiger charge is -2.36. The van der Waals surface area contributed by atoms with Crippen molar-refractivity contribution in [1.29, 1.82) is 0 Å². The summed E-state index contributed by atoms with van der Waals surface area (Å²) in [4.78, 5) is 18.6. The summed E-state index contributed by atoms with van der Waals surface area (Å²) in [5, 5.41) is 2.98. The van der Waals surface area contributed by atoms with Crippen LogP contribution in [-0.2, 0) is 11.3 Å². The Bertz CT molecular complexity index is 668. The van der Waals surface area contributed by atoms with Crippen LogP contribution in [0.2, 0.25) is 0 Å². The number of carbonyl (C=O) groups is 1. The second-order valence-corrected chi connectivity index (χ2v) is 6.70. The third-order valence-electron chi connectivity index (χ3n) is 4.62. The average Bonchev–Trinajstić information content (AvgIpc) is 3.02. The van der Waals surface area contributed by atoms with Gasteiger partial charge in [0, 0.05) is 18.9 Å². The first-order valence-electron chi connectivity index (χ1n) is 8.58. The first kappa shape index (κ1) is 16.7. The predicted molar refractivity (Wildman–Crippen MR) is 92.2 cm³/mol. The van der Waals surface area contributed by atoms with Gasteiger partial charge in [-0.05, 0) is 56.0 Å². The molecule has 2 unspecified atom stereocenters. The summed E-state index contributed by atoms with van der Waals surface area (Å²) >= 11 is 0. The third-order valence-corrected chi connectivity index (χ3v) is 4.62. The van der Waals surface area contributed by atoms with Crippen molar-refractivity contribution in [3.63, 3.8) is 0 Å². The van der Waals surface area contributed by atoms with E-state index in [1.165, 1.54) is 0 Å². The van der Waals surface area contributed by atoms with E-state index in [1.807, 2.05) is 31.2 Å². The Morgan fingerprint density at radius 3 is 3.00 bits per heavy atom. The fourth-order valence-electron chi connectivity index (χ4n) is 3.25. The lowest BCUT2D eigenvalue weighted by molar-refractivity contribution is -0.123. The molecule has 3 heterocycles. The Hall–Kier alpha value is -2.14. The summed E-state index contributed by atoms with van der Waals surface area (Å²) in [6, 6.07) is 8.06. The Kier molecular flexibility index (Phi) is 5.30. The molecule has 3 rings (SSSR count). The van der Waals surface area contributed by atoms with E-state index in [2.05, 4.69) is 22.1 Å². The number of nitrogens with one attached hydrogen (secondary N) is 1. The van der Waals surface area contributed by atoms with Gasteiger partial charge in [0.15, 0.2) is 0 Å². The highest BCUT2D eigenvalue weighted by Gasteiger charge is 2.30. The van der Waals surface area contributed by atoms with E-state index in [9.17, 15) is 4.79 Å². The van der Waals surface area contributed by atoms with Gasteiger partial charge in [-0.15, -0.1) is 0 Å². The number of carbonyl (C=O) groups excluding carboxylic acids is 1. The molecule has 0 bridgehead atoms. The van der Waals surface area contributed by atoms with Crippen LogP contribution in [0.25, 0.3) is 0 Å². The van der Waals surface area contributed by atoms with E-state index in [0.29, 0.717) is 19.0 Å². The third kappa shape index (κ3) is 4.23. The van der Waals surface area contributed by atoms with Crippen LogP contribution in [0.4, 0.5) is 0 Å². The normalized spacial score (nSPS) is 21.6. The van der Waals surface area contributed by atoms with E-state index in [-0.39, 0.29) is 11.9 Å². The monoisotopic (exact) mass is 327 g/mol. The summed E-state index contributed by atoms with van der Waals surface area (Å²) in [7, 11) is 0. The predicted octanol–water partition coefficient (Wildman–Crippen LogP) is 3.07. The second kappa shape index (κ2) is 7.62. The molecule has 0 aliphatic carbocycles. The molecule has 2 aromatic heterocycles. The average molecular weight is 327 g/mol. The number of pyridine rings is 1. The van der Waals surface area contributed by atoms with Crippen molar-refractivity contribution < 1.29 is 9.21 Å². The fourth-order valence-corrected chi connectivity index (χ4v) is 3.25. The molecule has 0 spiro atoms. The van der Waals surface area contributed by atoms with Gasteiger partial charge in [-0.25, -0.2) is 0 Å². The minimum Gasteiger partial charge on any atom is -0.465 e. The molecule has 0 radical (unpaired) electrons. The standard InChI is InChI=1S/C19H25N3O2/c1-14-7-9-22(17(10-14)18-6-5-15(2)24-18)13-19(23)21-12-16-4-3-8-20-11-16/h3-6,8,11,14,17H,7,9-10,12-13H2,1-2H3,(H,21,23). The van der Waals surface area contributed by atoms with Gasteiger partial charge in [-0.3, -0.25) is 14.7 Å². The van der Waals surface area contributed by atoms with Crippen LogP contribution >= 0.6 is 0 Å². The van der Waals surface area contributed by atoms with E-state index < -0.39 is 0 Å². The summed E-state index contributed by atoms with van der Waals surface area (Å²) in [6.07, 6.45) is 5.66. The van der Waals surface area contributed by atoms with Crippen molar-refractivity contribution in [2.24, 2.45) is 5.92 Å². The van der Waals surface area contributed by atoms with E-state index in [4.69, 9.17) is 4.42 Å².